The number of fused-ring (bicyclic) bond motifs is 1. The van der Waals surface area contributed by atoms with Crippen LogP contribution in [0.2, 0.25) is 15.1 Å². The summed E-state index contributed by atoms with van der Waals surface area (Å²) in [5.41, 5.74) is 3.77. The van der Waals surface area contributed by atoms with Crippen molar-refractivity contribution < 1.29 is 9.21 Å². The Morgan fingerprint density at radius 1 is 0.909 bits per heavy atom. The van der Waals surface area contributed by atoms with E-state index in [0.29, 0.717) is 47.3 Å². The SMILES string of the molecule is O=C(c1cccnc1)c1oc2nc(-c3ccc(Cl)cc3Cl)c(-c3ccc(Cl)cc3)cc2c1[As]. The Kier molecular flexibility index (Phi) is 6.03. The molecule has 0 atom stereocenters. The summed E-state index contributed by atoms with van der Waals surface area (Å²) in [5.74, 6) is -0.0669. The van der Waals surface area contributed by atoms with Gasteiger partial charge in [-0.15, -0.1) is 0 Å². The van der Waals surface area contributed by atoms with Gasteiger partial charge in [-0.05, 0) is 0 Å². The molecule has 2 radical (unpaired) electrons. The van der Waals surface area contributed by atoms with Crippen molar-refractivity contribution in [1.29, 1.82) is 0 Å². The number of hydrogen-bond acceptors (Lipinski definition) is 4. The Morgan fingerprint density at radius 2 is 1.67 bits per heavy atom. The maximum atomic E-state index is 13.1. The zero-order valence-corrected chi connectivity index (χ0v) is 20.9. The van der Waals surface area contributed by atoms with E-state index in [-0.39, 0.29) is 11.5 Å². The number of nitrogens with zero attached hydrogens (tertiary/aromatic N) is 2. The molecule has 0 saturated heterocycles. The van der Waals surface area contributed by atoms with Gasteiger partial charge in [0, 0.05) is 0 Å². The molecule has 0 bridgehead atoms. The van der Waals surface area contributed by atoms with Gasteiger partial charge in [0.15, 0.2) is 0 Å². The second-order valence-electron chi connectivity index (χ2n) is 7.22. The van der Waals surface area contributed by atoms with Crippen molar-refractivity contribution >= 4 is 72.9 Å². The van der Waals surface area contributed by atoms with E-state index >= 15 is 0 Å². The summed E-state index contributed by atoms with van der Waals surface area (Å²) < 4.78 is 6.60. The summed E-state index contributed by atoms with van der Waals surface area (Å²) >= 11 is 21.1. The first-order valence-corrected chi connectivity index (χ1v) is 11.8. The number of carbonyl (C=O) groups excluding carboxylic acids is 1. The molecule has 33 heavy (non-hydrogen) atoms. The van der Waals surface area contributed by atoms with Crippen LogP contribution in [0, 0.1) is 0 Å². The molecule has 4 nitrogen and oxygen atoms in total. The van der Waals surface area contributed by atoms with Gasteiger partial charge in [0.1, 0.15) is 0 Å². The molecule has 0 fully saturated rings. The van der Waals surface area contributed by atoms with E-state index in [1.165, 1.54) is 6.20 Å². The average Bonchev–Trinajstić information content (AvgIpc) is 3.14. The predicted molar refractivity (Wildman–Crippen MR) is 133 cm³/mol. The number of ketones is 1. The molecule has 0 aliphatic heterocycles. The molecule has 8 heteroatoms. The normalized spacial score (nSPS) is 11.2. The van der Waals surface area contributed by atoms with Crippen molar-refractivity contribution in [2.45, 2.75) is 0 Å². The Balaban J connectivity index is 1.76. The first-order valence-electron chi connectivity index (χ1n) is 9.75. The van der Waals surface area contributed by atoms with E-state index in [9.17, 15) is 4.79 Å². The Morgan fingerprint density at radius 3 is 2.36 bits per heavy atom. The van der Waals surface area contributed by atoms with E-state index in [4.69, 9.17) is 44.2 Å². The quantitative estimate of drug-likeness (QED) is 0.187. The number of pyridine rings is 2. The molecular formula is C25H12AsCl3N2O2. The van der Waals surface area contributed by atoms with E-state index in [1.54, 1.807) is 30.5 Å². The Labute approximate surface area is 213 Å². The second-order valence-corrected chi connectivity index (χ2v) is 9.44. The monoisotopic (exact) mass is 552 g/mol. The molecule has 160 valence electrons. The van der Waals surface area contributed by atoms with Crippen molar-refractivity contribution in [2.24, 2.45) is 0 Å². The summed E-state index contributed by atoms with van der Waals surface area (Å²) in [7, 11) is 0. The number of carbonyl (C=O) groups is 1. The molecule has 0 aliphatic rings. The number of hydrogen-bond donors (Lipinski definition) is 0. The number of furan rings is 1. The van der Waals surface area contributed by atoms with Gasteiger partial charge in [-0.1, -0.05) is 0 Å². The van der Waals surface area contributed by atoms with E-state index in [2.05, 4.69) is 21.8 Å². The predicted octanol–water partition coefficient (Wildman–Crippen LogP) is 6.54. The average molecular weight is 554 g/mol. The minimum atomic E-state index is -0.268. The standard InChI is InChI=1S/C25H12AsCl3N2O2/c26-21-19-11-18(13-3-5-15(27)6-4-13)22(17-8-7-16(28)10-20(17)29)31-25(19)33-24(21)23(32)14-2-1-9-30-12-14/h1-12H. The summed E-state index contributed by atoms with van der Waals surface area (Å²) in [6.07, 6.45) is 3.12. The van der Waals surface area contributed by atoms with Crippen LogP contribution in [0.25, 0.3) is 33.5 Å². The topological polar surface area (TPSA) is 56.0 Å². The molecule has 3 aromatic heterocycles. The molecule has 0 aliphatic carbocycles. The molecule has 3 heterocycles. The van der Waals surface area contributed by atoms with Crippen molar-refractivity contribution in [3.8, 4) is 22.4 Å². The van der Waals surface area contributed by atoms with Crippen LogP contribution in [0.1, 0.15) is 16.1 Å². The third kappa shape index (κ3) is 4.20. The maximum absolute atomic E-state index is 13.1. The third-order valence-electron chi connectivity index (χ3n) is 5.13. The first kappa shape index (κ1) is 22.2. The van der Waals surface area contributed by atoms with Gasteiger partial charge in [0.25, 0.3) is 0 Å². The van der Waals surface area contributed by atoms with Crippen molar-refractivity contribution in [3.63, 3.8) is 0 Å². The summed E-state index contributed by atoms with van der Waals surface area (Å²) in [6.45, 7) is 0. The number of halogens is 3. The molecule has 5 rings (SSSR count). The van der Waals surface area contributed by atoms with Crippen LogP contribution in [0.5, 0.6) is 0 Å². The van der Waals surface area contributed by atoms with Crippen molar-refractivity contribution in [1.82, 2.24) is 9.97 Å². The van der Waals surface area contributed by atoms with Gasteiger partial charge in [-0.25, -0.2) is 0 Å². The van der Waals surface area contributed by atoms with Gasteiger partial charge < -0.3 is 0 Å². The minimum absolute atomic E-state index is 0.201. The summed E-state index contributed by atoms with van der Waals surface area (Å²) in [5, 5.41) is 2.31. The van der Waals surface area contributed by atoms with E-state index in [0.717, 1.165) is 11.1 Å². The van der Waals surface area contributed by atoms with Crippen molar-refractivity contribution in [2.75, 3.05) is 0 Å². The molecule has 0 spiro atoms. The summed E-state index contributed by atoms with van der Waals surface area (Å²) in [4.78, 5) is 21.9. The first-order chi connectivity index (χ1) is 15.9. The van der Waals surface area contributed by atoms with Crippen LogP contribution < -0.4 is 4.35 Å². The van der Waals surface area contributed by atoms with Gasteiger partial charge in [0.05, 0.1) is 0 Å². The van der Waals surface area contributed by atoms with Gasteiger partial charge in [-0.2, -0.15) is 0 Å². The second kappa shape index (κ2) is 8.96. The zero-order chi connectivity index (χ0) is 23.1. The van der Waals surface area contributed by atoms with E-state index < -0.39 is 0 Å². The van der Waals surface area contributed by atoms with Gasteiger partial charge in [0.2, 0.25) is 0 Å². The summed E-state index contributed by atoms with van der Waals surface area (Å²) in [6, 6.07) is 18.0. The molecule has 0 N–H and O–H groups in total. The van der Waals surface area contributed by atoms with Gasteiger partial charge in [-0.3, -0.25) is 0 Å². The van der Waals surface area contributed by atoms with E-state index in [1.807, 2.05) is 36.4 Å². The Hall–Kier alpha value is -2.62. The Bertz CT molecular complexity index is 1520. The number of aromatic nitrogens is 2. The fourth-order valence-electron chi connectivity index (χ4n) is 3.53. The van der Waals surface area contributed by atoms with Crippen LogP contribution in [-0.2, 0) is 0 Å². The van der Waals surface area contributed by atoms with Crippen LogP contribution in [0.4, 0.5) is 0 Å². The third-order valence-corrected chi connectivity index (χ3v) is 6.86. The fraction of sp³-hybridized carbons (Fsp3) is 0. The fourth-order valence-corrected chi connectivity index (χ4v) is 4.80. The molecule has 2 aromatic carbocycles. The molecular weight excluding hydrogens is 542 g/mol. The molecule has 0 amide bonds. The zero-order valence-electron chi connectivity index (χ0n) is 16.7. The van der Waals surface area contributed by atoms with Crippen LogP contribution in [0.15, 0.2) is 77.5 Å². The van der Waals surface area contributed by atoms with Crippen LogP contribution in [0.3, 0.4) is 0 Å². The molecule has 0 unspecified atom stereocenters. The number of benzene rings is 2. The van der Waals surface area contributed by atoms with Crippen LogP contribution in [-0.4, -0.2) is 32.6 Å². The molecule has 5 aromatic rings. The van der Waals surface area contributed by atoms with Gasteiger partial charge >= 0.3 is 214 Å². The van der Waals surface area contributed by atoms with Crippen molar-refractivity contribution in [3.05, 3.63) is 99.4 Å². The number of rotatable bonds is 4. The van der Waals surface area contributed by atoms with Crippen LogP contribution >= 0.6 is 34.8 Å². The molecule has 0 saturated carbocycles.